The van der Waals surface area contributed by atoms with Crippen LogP contribution in [0.2, 0.25) is 5.02 Å². The Morgan fingerprint density at radius 2 is 1.95 bits per heavy atom. The number of methoxy groups -OCH3 is 1. The molecule has 1 N–H and O–H groups in total. The van der Waals surface area contributed by atoms with Crippen LogP contribution in [0.5, 0.6) is 5.75 Å². The molecule has 1 fully saturated rings. The van der Waals surface area contributed by atoms with Crippen molar-refractivity contribution < 1.29 is 13.2 Å². The molecule has 1 aromatic rings. The van der Waals surface area contributed by atoms with Gasteiger partial charge in [0.1, 0.15) is 5.75 Å². The minimum Gasteiger partial charge on any atom is -0.495 e. The maximum atomic E-state index is 12.8. The van der Waals surface area contributed by atoms with Gasteiger partial charge in [-0.1, -0.05) is 11.6 Å². The van der Waals surface area contributed by atoms with Crippen molar-refractivity contribution in [3.63, 3.8) is 0 Å². The first-order valence-electron chi connectivity index (χ1n) is 6.91. The van der Waals surface area contributed by atoms with Crippen LogP contribution in [0.15, 0.2) is 17.0 Å². The van der Waals surface area contributed by atoms with Crippen molar-refractivity contribution in [2.24, 2.45) is 0 Å². The molecule has 0 radical (unpaired) electrons. The predicted octanol–water partition coefficient (Wildman–Crippen LogP) is 2.03. The van der Waals surface area contributed by atoms with Crippen LogP contribution in [0.25, 0.3) is 0 Å². The number of hydrogen-bond acceptors (Lipinski definition) is 4. The monoisotopic (exact) mass is 332 g/mol. The van der Waals surface area contributed by atoms with Gasteiger partial charge in [-0.25, -0.2) is 8.42 Å². The molecule has 1 heterocycles. The number of piperidine rings is 1. The largest absolute Gasteiger partial charge is 0.495 e. The molecule has 0 aliphatic carbocycles. The van der Waals surface area contributed by atoms with E-state index in [9.17, 15) is 8.42 Å². The lowest BCUT2D eigenvalue weighted by atomic mass is 10.1. The molecule has 0 amide bonds. The van der Waals surface area contributed by atoms with Crippen molar-refractivity contribution in [1.82, 2.24) is 9.62 Å². The summed E-state index contributed by atoms with van der Waals surface area (Å²) in [6, 6.07) is 3.16. The normalized spacial score (nSPS) is 17.2. The summed E-state index contributed by atoms with van der Waals surface area (Å²) in [6.07, 6.45) is 1.64. The highest BCUT2D eigenvalue weighted by molar-refractivity contribution is 7.89. The summed E-state index contributed by atoms with van der Waals surface area (Å²) in [5, 5.41) is 3.54. The maximum Gasteiger partial charge on any atom is 0.243 e. The summed E-state index contributed by atoms with van der Waals surface area (Å²) >= 11 is 6.08. The van der Waals surface area contributed by atoms with Gasteiger partial charge in [-0.2, -0.15) is 4.31 Å². The number of halogens is 1. The fourth-order valence-corrected chi connectivity index (χ4v) is 4.54. The van der Waals surface area contributed by atoms with E-state index in [4.69, 9.17) is 16.3 Å². The molecule has 21 heavy (non-hydrogen) atoms. The molecule has 7 heteroatoms. The number of nitrogens with zero attached hydrogens (tertiary/aromatic N) is 1. The molecule has 0 saturated carbocycles. The van der Waals surface area contributed by atoms with Gasteiger partial charge in [0.15, 0.2) is 0 Å². The molecule has 0 aromatic heterocycles. The van der Waals surface area contributed by atoms with Crippen molar-refractivity contribution in [2.45, 2.75) is 30.7 Å². The van der Waals surface area contributed by atoms with E-state index >= 15 is 0 Å². The van der Waals surface area contributed by atoms with Crippen LogP contribution < -0.4 is 10.1 Å². The number of hydrogen-bond donors (Lipinski definition) is 1. The SMILES string of the molecule is COc1cc(C)c(S(=O)(=O)N(C)C2CCNCC2)cc1Cl. The van der Waals surface area contributed by atoms with E-state index in [1.54, 1.807) is 20.0 Å². The standard InChI is InChI=1S/C14H21ClN2O3S/c1-10-8-13(20-3)12(15)9-14(10)21(18,19)17(2)11-4-6-16-7-5-11/h8-9,11,16H,4-7H2,1-3H3. The molecule has 1 aliphatic heterocycles. The highest BCUT2D eigenvalue weighted by Gasteiger charge is 2.30. The quantitative estimate of drug-likeness (QED) is 0.916. The van der Waals surface area contributed by atoms with Gasteiger partial charge in [-0.3, -0.25) is 0 Å². The molecule has 0 bridgehead atoms. The zero-order valence-electron chi connectivity index (χ0n) is 12.5. The smallest absolute Gasteiger partial charge is 0.243 e. The van der Waals surface area contributed by atoms with Gasteiger partial charge in [-0.05, 0) is 50.6 Å². The van der Waals surface area contributed by atoms with Crippen molar-refractivity contribution in [3.8, 4) is 5.75 Å². The molecule has 5 nitrogen and oxygen atoms in total. The molecular weight excluding hydrogens is 312 g/mol. The third-order valence-corrected chi connectivity index (χ3v) is 6.28. The Kier molecular flexibility index (Phi) is 5.14. The fraction of sp³-hybridized carbons (Fsp3) is 0.571. The van der Waals surface area contributed by atoms with E-state index in [0.29, 0.717) is 16.3 Å². The minimum atomic E-state index is -3.55. The molecule has 0 spiro atoms. The minimum absolute atomic E-state index is 0.0246. The summed E-state index contributed by atoms with van der Waals surface area (Å²) < 4.78 is 32.2. The first-order valence-corrected chi connectivity index (χ1v) is 8.72. The number of ether oxygens (including phenoxy) is 1. The molecule has 0 atom stereocenters. The Hall–Kier alpha value is -0.820. The third-order valence-electron chi connectivity index (χ3n) is 3.93. The van der Waals surface area contributed by atoms with Crippen molar-refractivity contribution in [1.29, 1.82) is 0 Å². The summed E-state index contributed by atoms with van der Waals surface area (Å²) in [5.74, 6) is 0.484. The summed E-state index contributed by atoms with van der Waals surface area (Å²) in [4.78, 5) is 0.245. The number of nitrogens with one attached hydrogen (secondary N) is 1. The number of sulfonamides is 1. The summed E-state index contributed by atoms with van der Waals surface area (Å²) in [7, 11) is -0.400. The Bertz CT molecular complexity index is 613. The van der Waals surface area contributed by atoms with Crippen LogP contribution in [-0.4, -0.2) is 46.0 Å². The highest BCUT2D eigenvalue weighted by atomic mass is 35.5. The van der Waals surface area contributed by atoms with E-state index in [1.165, 1.54) is 17.5 Å². The van der Waals surface area contributed by atoms with E-state index in [2.05, 4.69) is 5.32 Å². The van der Waals surface area contributed by atoms with Crippen molar-refractivity contribution >= 4 is 21.6 Å². The molecular formula is C14H21ClN2O3S. The van der Waals surface area contributed by atoms with E-state index in [0.717, 1.165) is 25.9 Å². The average Bonchev–Trinajstić information content (AvgIpc) is 2.49. The van der Waals surface area contributed by atoms with Gasteiger partial charge < -0.3 is 10.1 Å². The lowest BCUT2D eigenvalue weighted by Gasteiger charge is -2.31. The van der Waals surface area contributed by atoms with Crippen LogP contribution in [0.1, 0.15) is 18.4 Å². The highest BCUT2D eigenvalue weighted by Crippen LogP contribution is 2.32. The Morgan fingerprint density at radius 3 is 2.52 bits per heavy atom. The van der Waals surface area contributed by atoms with Crippen LogP contribution in [0.3, 0.4) is 0 Å². The van der Waals surface area contributed by atoms with Crippen LogP contribution in [0, 0.1) is 6.92 Å². The van der Waals surface area contributed by atoms with Gasteiger partial charge >= 0.3 is 0 Å². The van der Waals surface area contributed by atoms with Gasteiger partial charge in [0.2, 0.25) is 10.0 Å². The second-order valence-corrected chi connectivity index (χ2v) is 7.63. The van der Waals surface area contributed by atoms with E-state index in [1.807, 2.05) is 0 Å². The average molecular weight is 333 g/mol. The number of aryl methyl sites for hydroxylation is 1. The molecule has 1 saturated heterocycles. The zero-order chi connectivity index (χ0) is 15.6. The van der Waals surface area contributed by atoms with E-state index in [-0.39, 0.29) is 10.9 Å². The van der Waals surface area contributed by atoms with Crippen molar-refractivity contribution in [2.75, 3.05) is 27.2 Å². The van der Waals surface area contributed by atoms with Gasteiger partial charge in [-0.15, -0.1) is 0 Å². The zero-order valence-corrected chi connectivity index (χ0v) is 14.1. The first kappa shape index (κ1) is 16.5. The van der Waals surface area contributed by atoms with E-state index < -0.39 is 10.0 Å². The van der Waals surface area contributed by atoms with Gasteiger partial charge in [0, 0.05) is 13.1 Å². The number of rotatable bonds is 4. The molecule has 1 aromatic carbocycles. The topological polar surface area (TPSA) is 58.6 Å². The van der Waals surface area contributed by atoms with Crippen molar-refractivity contribution in [3.05, 3.63) is 22.7 Å². The van der Waals surface area contributed by atoms with Crippen LogP contribution >= 0.6 is 11.6 Å². The predicted molar refractivity (Wildman–Crippen MR) is 83.6 cm³/mol. The molecule has 118 valence electrons. The Morgan fingerprint density at radius 1 is 1.33 bits per heavy atom. The summed E-state index contributed by atoms with van der Waals surface area (Å²) in [6.45, 7) is 3.43. The molecule has 2 rings (SSSR count). The first-order chi connectivity index (χ1) is 9.87. The Balaban J connectivity index is 2.36. The molecule has 0 unspecified atom stereocenters. The number of benzene rings is 1. The maximum absolute atomic E-state index is 12.8. The van der Waals surface area contributed by atoms with Gasteiger partial charge in [0.25, 0.3) is 0 Å². The lowest BCUT2D eigenvalue weighted by Crippen LogP contribution is -2.44. The molecule has 1 aliphatic rings. The Labute approximate surface area is 131 Å². The fourth-order valence-electron chi connectivity index (χ4n) is 2.59. The second-order valence-electron chi connectivity index (χ2n) is 5.25. The van der Waals surface area contributed by atoms with Crippen LogP contribution in [0.4, 0.5) is 0 Å². The second kappa shape index (κ2) is 6.52. The summed E-state index contributed by atoms with van der Waals surface area (Å²) in [5.41, 5.74) is 0.636. The van der Waals surface area contributed by atoms with Crippen LogP contribution in [-0.2, 0) is 10.0 Å². The lowest BCUT2D eigenvalue weighted by molar-refractivity contribution is 0.296. The van der Waals surface area contributed by atoms with Gasteiger partial charge in [0.05, 0.1) is 17.0 Å². The third kappa shape index (κ3) is 3.34.